The molecule has 3 rings (SSSR count). The highest BCUT2D eigenvalue weighted by atomic mass is 16.2. The minimum atomic E-state index is -0.124. The van der Waals surface area contributed by atoms with E-state index in [1.54, 1.807) is 23.1 Å². The second kappa shape index (κ2) is 5.25. The van der Waals surface area contributed by atoms with Gasteiger partial charge in [0, 0.05) is 11.3 Å². The van der Waals surface area contributed by atoms with Gasteiger partial charge in [0.05, 0.1) is 5.69 Å². The number of amidine groups is 1. The summed E-state index contributed by atoms with van der Waals surface area (Å²) in [7, 11) is 0. The zero-order chi connectivity index (χ0) is 14.8. The average Bonchev–Trinajstić information content (AvgIpc) is 2.86. The summed E-state index contributed by atoms with van der Waals surface area (Å²) in [5, 5.41) is 0. The molecule has 0 saturated carbocycles. The quantitative estimate of drug-likeness (QED) is 0.677. The Bertz CT molecular complexity index is 730. The van der Waals surface area contributed by atoms with Crippen LogP contribution in [-0.2, 0) is 4.79 Å². The molecule has 0 unspecified atom stereocenters. The van der Waals surface area contributed by atoms with Crippen LogP contribution in [0.5, 0.6) is 0 Å². The van der Waals surface area contributed by atoms with Gasteiger partial charge in [-0.15, -0.1) is 0 Å². The van der Waals surface area contributed by atoms with Crippen molar-refractivity contribution in [1.82, 2.24) is 0 Å². The summed E-state index contributed by atoms with van der Waals surface area (Å²) in [4.78, 5) is 18.6. The lowest BCUT2D eigenvalue weighted by Crippen LogP contribution is -2.32. The summed E-state index contributed by atoms with van der Waals surface area (Å²) in [6.07, 6.45) is 1.72. The standard InChI is InChI=1S/C17H15N3O/c1-2-15-17(21)20(14-10-8-13(18)9-11-14)16(19-15)12-6-4-3-5-7-12/h2-11H,18H2,1H3/b15-2-. The molecule has 1 aliphatic rings. The molecular weight excluding hydrogens is 262 g/mol. The van der Waals surface area contributed by atoms with Gasteiger partial charge in [0.2, 0.25) is 0 Å². The lowest BCUT2D eigenvalue weighted by Gasteiger charge is -2.18. The predicted molar refractivity (Wildman–Crippen MR) is 85.1 cm³/mol. The lowest BCUT2D eigenvalue weighted by molar-refractivity contribution is -0.113. The van der Waals surface area contributed by atoms with E-state index in [1.165, 1.54) is 0 Å². The van der Waals surface area contributed by atoms with Crippen LogP contribution in [0.1, 0.15) is 12.5 Å². The maximum Gasteiger partial charge on any atom is 0.282 e. The fourth-order valence-corrected chi connectivity index (χ4v) is 2.25. The molecule has 0 aromatic heterocycles. The van der Waals surface area contributed by atoms with Crippen molar-refractivity contribution in [2.75, 3.05) is 10.6 Å². The van der Waals surface area contributed by atoms with Gasteiger partial charge < -0.3 is 5.73 Å². The van der Waals surface area contributed by atoms with Crippen LogP contribution in [0, 0.1) is 0 Å². The van der Waals surface area contributed by atoms with Crippen LogP contribution >= 0.6 is 0 Å². The summed E-state index contributed by atoms with van der Waals surface area (Å²) in [5.41, 5.74) is 8.49. The van der Waals surface area contributed by atoms with Gasteiger partial charge in [0.1, 0.15) is 11.5 Å². The van der Waals surface area contributed by atoms with Crippen LogP contribution in [0.4, 0.5) is 11.4 Å². The molecule has 4 heteroatoms. The maximum atomic E-state index is 12.5. The molecule has 0 aliphatic carbocycles. The topological polar surface area (TPSA) is 58.7 Å². The Balaban J connectivity index is 2.11. The van der Waals surface area contributed by atoms with Gasteiger partial charge in [-0.25, -0.2) is 4.99 Å². The Morgan fingerprint density at radius 3 is 2.33 bits per heavy atom. The Kier molecular flexibility index (Phi) is 3.28. The number of hydrogen-bond acceptors (Lipinski definition) is 3. The van der Waals surface area contributed by atoms with Crippen LogP contribution in [0.15, 0.2) is 71.4 Å². The lowest BCUT2D eigenvalue weighted by atomic mass is 10.1. The SMILES string of the molecule is C/C=C1\N=C(c2ccccc2)N(c2ccc(N)cc2)C1=O. The molecule has 1 aliphatic heterocycles. The molecule has 2 aromatic rings. The van der Waals surface area contributed by atoms with E-state index in [0.717, 1.165) is 11.3 Å². The van der Waals surface area contributed by atoms with E-state index in [2.05, 4.69) is 4.99 Å². The van der Waals surface area contributed by atoms with E-state index < -0.39 is 0 Å². The van der Waals surface area contributed by atoms with E-state index in [4.69, 9.17) is 5.73 Å². The first-order chi connectivity index (χ1) is 10.2. The first-order valence-electron chi connectivity index (χ1n) is 6.71. The zero-order valence-corrected chi connectivity index (χ0v) is 11.7. The number of aliphatic imine (C=N–C) groups is 1. The number of carbonyl (C=O) groups is 1. The highest BCUT2D eigenvalue weighted by molar-refractivity contribution is 6.32. The molecular formula is C17H15N3O. The molecule has 1 amide bonds. The number of amides is 1. The summed E-state index contributed by atoms with van der Waals surface area (Å²) in [5.74, 6) is 0.514. The largest absolute Gasteiger partial charge is 0.399 e. The van der Waals surface area contributed by atoms with Crippen molar-refractivity contribution in [2.45, 2.75) is 6.92 Å². The van der Waals surface area contributed by atoms with Crippen LogP contribution in [0.25, 0.3) is 0 Å². The number of carbonyl (C=O) groups excluding carboxylic acids is 1. The van der Waals surface area contributed by atoms with Gasteiger partial charge >= 0.3 is 0 Å². The molecule has 1 heterocycles. The number of anilines is 2. The third-order valence-electron chi connectivity index (χ3n) is 3.32. The van der Waals surface area contributed by atoms with Gasteiger partial charge in [-0.3, -0.25) is 9.69 Å². The monoisotopic (exact) mass is 277 g/mol. The van der Waals surface area contributed by atoms with Crippen molar-refractivity contribution in [2.24, 2.45) is 4.99 Å². The van der Waals surface area contributed by atoms with Gasteiger partial charge in [-0.2, -0.15) is 0 Å². The molecule has 2 aromatic carbocycles. The Labute approximate surface area is 123 Å². The second-order valence-corrected chi connectivity index (χ2v) is 4.71. The van der Waals surface area contributed by atoms with E-state index in [1.807, 2.05) is 49.4 Å². The number of rotatable bonds is 2. The minimum Gasteiger partial charge on any atom is -0.399 e. The third kappa shape index (κ3) is 2.31. The van der Waals surface area contributed by atoms with Gasteiger partial charge in [-0.05, 0) is 31.2 Å². The summed E-state index contributed by atoms with van der Waals surface area (Å²) >= 11 is 0. The molecule has 0 radical (unpaired) electrons. The van der Waals surface area contributed by atoms with Crippen LogP contribution in [-0.4, -0.2) is 11.7 Å². The number of benzene rings is 2. The Morgan fingerprint density at radius 2 is 1.71 bits per heavy atom. The van der Waals surface area contributed by atoms with Gasteiger partial charge in [-0.1, -0.05) is 36.4 Å². The Hall–Kier alpha value is -2.88. The zero-order valence-electron chi connectivity index (χ0n) is 11.7. The van der Waals surface area contributed by atoms with Crippen molar-refractivity contribution in [3.63, 3.8) is 0 Å². The smallest absolute Gasteiger partial charge is 0.282 e. The van der Waals surface area contributed by atoms with Crippen LogP contribution < -0.4 is 10.6 Å². The van der Waals surface area contributed by atoms with E-state index in [9.17, 15) is 4.79 Å². The van der Waals surface area contributed by atoms with Crippen molar-refractivity contribution >= 4 is 23.1 Å². The highest BCUT2D eigenvalue weighted by Crippen LogP contribution is 2.27. The summed E-state index contributed by atoms with van der Waals surface area (Å²) in [6, 6.07) is 16.9. The predicted octanol–water partition coefficient (Wildman–Crippen LogP) is 2.97. The molecule has 0 saturated heterocycles. The van der Waals surface area contributed by atoms with E-state index >= 15 is 0 Å². The van der Waals surface area contributed by atoms with Crippen molar-refractivity contribution in [3.8, 4) is 0 Å². The maximum absolute atomic E-state index is 12.5. The fraction of sp³-hybridized carbons (Fsp3) is 0.0588. The van der Waals surface area contributed by atoms with Gasteiger partial charge in [0.15, 0.2) is 0 Å². The molecule has 0 spiro atoms. The minimum absolute atomic E-state index is 0.124. The van der Waals surface area contributed by atoms with Crippen LogP contribution in [0.3, 0.4) is 0 Å². The molecule has 4 nitrogen and oxygen atoms in total. The number of nitrogens with two attached hydrogens (primary N) is 1. The van der Waals surface area contributed by atoms with Gasteiger partial charge in [0.25, 0.3) is 5.91 Å². The Morgan fingerprint density at radius 1 is 1.05 bits per heavy atom. The van der Waals surface area contributed by atoms with Crippen LogP contribution in [0.2, 0.25) is 0 Å². The normalized spacial score (nSPS) is 16.4. The third-order valence-corrected chi connectivity index (χ3v) is 3.32. The first kappa shape index (κ1) is 13.1. The van der Waals surface area contributed by atoms with E-state index in [0.29, 0.717) is 17.2 Å². The molecule has 0 atom stereocenters. The van der Waals surface area contributed by atoms with E-state index in [-0.39, 0.29) is 5.91 Å². The first-order valence-corrected chi connectivity index (χ1v) is 6.71. The van der Waals surface area contributed by atoms with Crippen molar-refractivity contribution in [1.29, 1.82) is 0 Å². The number of nitrogens with zero attached hydrogens (tertiary/aromatic N) is 2. The molecule has 2 N–H and O–H groups in total. The summed E-state index contributed by atoms with van der Waals surface area (Å²) in [6.45, 7) is 1.81. The molecule has 0 bridgehead atoms. The summed E-state index contributed by atoms with van der Waals surface area (Å²) < 4.78 is 0. The number of allylic oxidation sites excluding steroid dienone is 1. The van der Waals surface area contributed by atoms with Crippen molar-refractivity contribution in [3.05, 3.63) is 71.9 Å². The number of nitrogen functional groups attached to an aromatic ring is 1. The number of hydrogen-bond donors (Lipinski definition) is 1. The molecule has 21 heavy (non-hydrogen) atoms. The molecule has 104 valence electrons. The molecule has 0 fully saturated rings. The average molecular weight is 277 g/mol. The fourth-order valence-electron chi connectivity index (χ4n) is 2.25. The second-order valence-electron chi connectivity index (χ2n) is 4.71. The highest BCUT2D eigenvalue weighted by Gasteiger charge is 2.31. The van der Waals surface area contributed by atoms with Crippen molar-refractivity contribution < 1.29 is 4.79 Å².